The maximum atomic E-state index is 13.4. The molecule has 7 heteroatoms. The fourth-order valence-corrected chi connectivity index (χ4v) is 4.39. The Morgan fingerprint density at radius 2 is 1.97 bits per heavy atom. The van der Waals surface area contributed by atoms with Gasteiger partial charge >= 0.3 is 0 Å². The minimum absolute atomic E-state index is 0.150. The van der Waals surface area contributed by atoms with Gasteiger partial charge in [-0.05, 0) is 68.6 Å². The van der Waals surface area contributed by atoms with Gasteiger partial charge in [-0.3, -0.25) is 4.79 Å². The van der Waals surface area contributed by atoms with E-state index in [1.807, 2.05) is 29.1 Å². The van der Waals surface area contributed by atoms with Crippen LogP contribution in [-0.2, 0) is 0 Å². The van der Waals surface area contributed by atoms with Gasteiger partial charge in [0.25, 0.3) is 5.91 Å². The molecule has 0 aliphatic carbocycles. The number of halogens is 1. The summed E-state index contributed by atoms with van der Waals surface area (Å²) >= 11 is 0. The van der Waals surface area contributed by atoms with Crippen LogP contribution in [0.4, 0.5) is 4.39 Å². The van der Waals surface area contributed by atoms with Gasteiger partial charge in [0, 0.05) is 31.5 Å². The van der Waals surface area contributed by atoms with Crippen LogP contribution >= 0.6 is 0 Å². The molecule has 1 saturated heterocycles. The summed E-state index contributed by atoms with van der Waals surface area (Å²) in [7, 11) is 0. The molecule has 4 rings (SSSR count). The number of hydrogen-bond donors (Lipinski definition) is 1. The van der Waals surface area contributed by atoms with E-state index in [0.717, 1.165) is 19.5 Å². The minimum Gasteiger partial charge on any atom is -0.352 e. The highest BCUT2D eigenvalue weighted by Crippen LogP contribution is 2.21. The van der Waals surface area contributed by atoms with Crippen LogP contribution < -0.4 is 5.32 Å². The van der Waals surface area contributed by atoms with E-state index in [-0.39, 0.29) is 11.7 Å². The second-order valence-electron chi connectivity index (χ2n) is 8.06. The topological polar surface area (TPSA) is 55.1 Å². The number of nitrogens with one attached hydrogen (secondary N) is 1. The zero-order valence-electron chi connectivity index (χ0n) is 18.0. The largest absolute Gasteiger partial charge is 0.352 e. The number of carbonyl (C=O) groups excluding carboxylic acids is 1. The van der Waals surface area contributed by atoms with Crippen molar-refractivity contribution in [3.63, 3.8) is 0 Å². The van der Waals surface area contributed by atoms with Crippen molar-refractivity contribution in [2.24, 2.45) is 0 Å². The lowest BCUT2D eigenvalue weighted by atomic mass is 10.00. The van der Waals surface area contributed by atoms with Crippen LogP contribution in [0.2, 0.25) is 0 Å². The summed E-state index contributed by atoms with van der Waals surface area (Å²) in [6.45, 7) is 5.05. The van der Waals surface area contributed by atoms with E-state index in [1.165, 1.54) is 37.8 Å². The standard InChI is InChI=1S/C24H30FN5O/c1-2-20-8-3-4-14-28(20)17-7-13-26-23(31)22-18-27-30(21-11-9-19(25)10-12-21)24(22)29-15-5-6-16-29/h5-6,9-12,15-16,18,20H,2-4,7-8,13-14,17H2,1H3,(H,26,31)/t20-/m0/s1. The number of piperidine rings is 1. The van der Waals surface area contributed by atoms with Gasteiger partial charge in [0.15, 0.2) is 5.82 Å². The Bertz CT molecular complexity index is 980. The van der Waals surface area contributed by atoms with Gasteiger partial charge in [-0.1, -0.05) is 13.3 Å². The average molecular weight is 424 g/mol. The lowest BCUT2D eigenvalue weighted by Crippen LogP contribution is -2.40. The number of rotatable bonds is 8. The van der Waals surface area contributed by atoms with E-state index >= 15 is 0 Å². The molecule has 0 bridgehead atoms. The maximum absolute atomic E-state index is 13.4. The molecule has 1 amide bonds. The lowest BCUT2D eigenvalue weighted by molar-refractivity contribution is 0.0947. The molecular weight excluding hydrogens is 393 g/mol. The van der Waals surface area contributed by atoms with Crippen LogP contribution in [0.25, 0.3) is 11.5 Å². The van der Waals surface area contributed by atoms with Crippen LogP contribution in [0.3, 0.4) is 0 Å². The third-order valence-corrected chi connectivity index (χ3v) is 6.04. The Labute approximate surface area is 182 Å². The molecule has 0 unspecified atom stereocenters. The molecule has 1 fully saturated rings. The molecular formula is C24H30FN5O. The summed E-state index contributed by atoms with van der Waals surface area (Å²) in [5.74, 6) is 0.175. The highest BCUT2D eigenvalue weighted by molar-refractivity contribution is 5.97. The van der Waals surface area contributed by atoms with E-state index < -0.39 is 0 Å². The number of aromatic nitrogens is 3. The molecule has 0 spiro atoms. The second kappa shape index (κ2) is 9.92. The molecule has 0 radical (unpaired) electrons. The summed E-state index contributed by atoms with van der Waals surface area (Å²) in [5, 5.41) is 7.48. The molecule has 1 aromatic carbocycles. The molecule has 1 atom stereocenters. The number of benzene rings is 1. The molecule has 3 heterocycles. The summed E-state index contributed by atoms with van der Waals surface area (Å²) in [5.41, 5.74) is 1.18. The van der Waals surface area contributed by atoms with Gasteiger partial charge in [0.05, 0.1) is 11.9 Å². The van der Waals surface area contributed by atoms with Gasteiger partial charge in [0.1, 0.15) is 11.4 Å². The molecule has 164 valence electrons. The first-order chi connectivity index (χ1) is 15.2. The second-order valence-corrected chi connectivity index (χ2v) is 8.06. The van der Waals surface area contributed by atoms with E-state index in [9.17, 15) is 9.18 Å². The fraction of sp³-hybridized carbons (Fsp3) is 0.417. The smallest absolute Gasteiger partial charge is 0.256 e. The Hall–Kier alpha value is -2.93. The van der Waals surface area contributed by atoms with E-state index in [2.05, 4.69) is 22.2 Å². The molecule has 3 aromatic rings. The predicted octanol–water partition coefficient (Wildman–Crippen LogP) is 4.19. The summed E-state index contributed by atoms with van der Waals surface area (Å²) < 4.78 is 16.9. The number of amides is 1. The molecule has 1 N–H and O–H groups in total. The Balaban J connectivity index is 1.45. The quantitative estimate of drug-likeness (QED) is 0.553. The maximum Gasteiger partial charge on any atom is 0.256 e. The van der Waals surface area contributed by atoms with Crippen molar-refractivity contribution in [3.05, 3.63) is 66.4 Å². The summed E-state index contributed by atoms with van der Waals surface area (Å²) in [6, 6.07) is 10.6. The van der Waals surface area contributed by atoms with E-state index in [0.29, 0.717) is 29.7 Å². The average Bonchev–Trinajstić information content (AvgIpc) is 3.47. The van der Waals surface area contributed by atoms with Gasteiger partial charge in [0.2, 0.25) is 0 Å². The number of likely N-dealkylation sites (tertiary alicyclic amines) is 1. The SMILES string of the molecule is CC[C@H]1CCCCN1CCCNC(=O)c1cnn(-c2ccc(F)cc2)c1-n1cccc1. The minimum atomic E-state index is -0.310. The van der Waals surface area contributed by atoms with Crippen LogP contribution in [0.15, 0.2) is 55.0 Å². The van der Waals surface area contributed by atoms with Crippen molar-refractivity contribution in [3.8, 4) is 11.5 Å². The predicted molar refractivity (Wildman–Crippen MR) is 119 cm³/mol. The number of carbonyl (C=O) groups is 1. The first-order valence-corrected chi connectivity index (χ1v) is 11.2. The van der Waals surface area contributed by atoms with Gasteiger partial charge < -0.3 is 14.8 Å². The highest BCUT2D eigenvalue weighted by atomic mass is 19.1. The van der Waals surface area contributed by atoms with E-state index in [4.69, 9.17) is 0 Å². The molecule has 1 aliphatic heterocycles. The highest BCUT2D eigenvalue weighted by Gasteiger charge is 2.21. The van der Waals surface area contributed by atoms with Crippen LogP contribution in [-0.4, -0.2) is 50.8 Å². The van der Waals surface area contributed by atoms with Crippen molar-refractivity contribution in [2.75, 3.05) is 19.6 Å². The fourth-order valence-electron chi connectivity index (χ4n) is 4.39. The van der Waals surface area contributed by atoms with Crippen molar-refractivity contribution in [1.82, 2.24) is 24.6 Å². The third-order valence-electron chi connectivity index (χ3n) is 6.04. The Kier molecular flexibility index (Phi) is 6.82. The molecule has 2 aromatic heterocycles. The van der Waals surface area contributed by atoms with Crippen molar-refractivity contribution >= 4 is 5.91 Å². The molecule has 0 saturated carbocycles. The summed E-state index contributed by atoms with van der Waals surface area (Å²) in [4.78, 5) is 15.5. The first-order valence-electron chi connectivity index (χ1n) is 11.2. The first kappa shape index (κ1) is 21.3. The Morgan fingerprint density at radius 1 is 1.19 bits per heavy atom. The molecule has 6 nitrogen and oxygen atoms in total. The molecule has 31 heavy (non-hydrogen) atoms. The van der Waals surface area contributed by atoms with Gasteiger partial charge in [-0.15, -0.1) is 0 Å². The lowest BCUT2D eigenvalue weighted by Gasteiger charge is -2.35. The zero-order chi connectivity index (χ0) is 21.6. The zero-order valence-corrected chi connectivity index (χ0v) is 18.0. The normalized spacial score (nSPS) is 17.0. The number of nitrogens with zero attached hydrogens (tertiary/aromatic N) is 4. The van der Waals surface area contributed by atoms with Crippen LogP contribution in [0.1, 0.15) is 49.4 Å². The Morgan fingerprint density at radius 3 is 2.71 bits per heavy atom. The summed E-state index contributed by atoms with van der Waals surface area (Å²) in [6.07, 6.45) is 11.3. The van der Waals surface area contributed by atoms with Gasteiger partial charge in [-0.25, -0.2) is 9.07 Å². The monoisotopic (exact) mass is 423 g/mol. The van der Waals surface area contributed by atoms with Crippen molar-refractivity contribution in [2.45, 2.75) is 45.1 Å². The molecule has 1 aliphatic rings. The van der Waals surface area contributed by atoms with Crippen molar-refractivity contribution in [1.29, 1.82) is 0 Å². The van der Waals surface area contributed by atoms with Crippen LogP contribution in [0.5, 0.6) is 0 Å². The van der Waals surface area contributed by atoms with Crippen LogP contribution in [0, 0.1) is 5.82 Å². The number of hydrogen-bond acceptors (Lipinski definition) is 3. The van der Waals surface area contributed by atoms with Crippen molar-refractivity contribution < 1.29 is 9.18 Å². The third kappa shape index (κ3) is 4.88. The van der Waals surface area contributed by atoms with Gasteiger partial charge in [-0.2, -0.15) is 5.10 Å². The van der Waals surface area contributed by atoms with E-state index in [1.54, 1.807) is 23.0 Å².